The molecule has 3 atom stereocenters. The summed E-state index contributed by atoms with van der Waals surface area (Å²) in [6.45, 7) is 9.54. The molecule has 1 fully saturated rings. The first-order chi connectivity index (χ1) is 5.47. The highest BCUT2D eigenvalue weighted by atomic mass is 32.2. The topological polar surface area (TPSA) is 0 Å². The SMILES string of the molecule is CSC(C)C(C)CC1CC1(C)C. The lowest BCUT2D eigenvalue weighted by molar-refractivity contribution is 0.436. The van der Waals surface area contributed by atoms with Crippen molar-refractivity contribution in [3.8, 4) is 0 Å². The van der Waals surface area contributed by atoms with E-state index in [4.69, 9.17) is 0 Å². The van der Waals surface area contributed by atoms with Crippen molar-refractivity contribution < 1.29 is 0 Å². The zero-order chi connectivity index (χ0) is 9.35. The van der Waals surface area contributed by atoms with Gasteiger partial charge in [-0.05, 0) is 36.3 Å². The molecule has 0 radical (unpaired) electrons. The summed E-state index contributed by atoms with van der Waals surface area (Å²) in [5, 5.41) is 0.835. The van der Waals surface area contributed by atoms with Gasteiger partial charge in [0.05, 0.1) is 0 Å². The predicted octanol–water partition coefficient (Wildman–Crippen LogP) is 3.81. The van der Waals surface area contributed by atoms with Crippen LogP contribution in [0.2, 0.25) is 0 Å². The Labute approximate surface area is 81.5 Å². The van der Waals surface area contributed by atoms with E-state index in [9.17, 15) is 0 Å². The van der Waals surface area contributed by atoms with Gasteiger partial charge in [0.15, 0.2) is 0 Å². The third kappa shape index (κ3) is 2.42. The average molecular weight is 186 g/mol. The highest BCUT2D eigenvalue weighted by molar-refractivity contribution is 7.99. The van der Waals surface area contributed by atoms with Crippen LogP contribution in [0.3, 0.4) is 0 Å². The van der Waals surface area contributed by atoms with Crippen LogP contribution in [0.1, 0.15) is 40.5 Å². The zero-order valence-corrected chi connectivity index (χ0v) is 9.87. The van der Waals surface area contributed by atoms with Gasteiger partial charge in [0.2, 0.25) is 0 Å². The van der Waals surface area contributed by atoms with Crippen molar-refractivity contribution >= 4 is 11.8 Å². The van der Waals surface area contributed by atoms with Crippen molar-refractivity contribution in [2.45, 2.75) is 45.8 Å². The monoisotopic (exact) mass is 186 g/mol. The molecule has 0 aromatic carbocycles. The van der Waals surface area contributed by atoms with E-state index in [-0.39, 0.29) is 0 Å². The summed E-state index contributed by atoms with van der Waals surface area (Å²) in [5.41, 5.74) is 0.673. The Morgan fingerprint density at radius 2 is 1.92 bits per heavy atom. The molecule has 0 N–H and O–H groups in total. The van der Waals surface area contributed by atoms with Gasteiger partial charge in [-0.25, -0.2) is 0 Å². The van der Waals surface area contributed by atoms with Gasteiger partial charge in [-0.3, -0.25) is 0 Å². The van der Waals surface area contributed by atoms with E-state index in [1.165, 1.54) is 12.8 Å². The van der Waals surface area contributed by atoms with E-state index in [2.05, 4.69) is 34.0 Å². The van der Waals surface area contributed by atoms with Crippen LogP contribution in [0.15, 0.2) is 0 Å². The van der Waals surface area contributed by atoms with Gasteiger partial charge >= 0.3 is 0 Å². The van der Waals surface area contributed by atoms with Crippen molar-refractivity contribution in [3.63, 3.8) is 0 Å². The largest absolute Gasteiger partial charge is 0.162 e. The van der Waals surface area contributed by atoms with Crippen LogP contribution in [-0.4, -0.2) is 11.5 Å². The van der Waals surface area contributed by atoms with Crippen molar-refractivity contribution in [1.82, 2.24) is 0 Å². The number of hydrogen-bond donors (Lipinski definition) is 0. The molecule has 3 unspecified atom stereocenters. The first-order valence-electron chi connectivity index (χ1n) is 5.00. The minimum Gasteiger partial charge on any atom is -0.162 e. The lowest BCUT2D eigenvalue weighted by Gasteiger charge is -2.18. The Kier molecular flexibility index (Phi) is 3.14. The molecule has 1 saturated carbocycles. The normalized spacial score (nSPS) is 31.2. The molecule has 0 spiro atoms. The lowest BCUT2D eigenvalue weighted by Crippen LogP contribution is -2.11. The molecule has 0 aliphatic heterocycles. The van der Waals surface area contributed by atoms with Gasteiger partial charge in [0, 0.05) is 5.25 Å². The molecule has 12 heavy (non-hydrogen) atoms. The summed E-state index contributed by atoms with van der Waals surface area (Å²) >= 11 is 2.00. The van der Waals surface area contributed by atoms with Crippen molar-refractivity contribution in [2.75, 3.05) is 6.26 Å². The smallest absolute Gasteiger partial charge is 0.00416 e. The Bertz CT molecular complexity index is 151. The van der Waals surface area contributed by atoms with Gasteiger partial charge in [-0.1, -0.05) is 27.7 Å². The Morgan fingerprint density at radius 1 is 1.42 bits per heavy atom. The highest BCUT2D eigenvalue weighted by Gasteiger charge is 2.45. The van der Waals surface area contributed by atoms with Crippen molar-refractivity contribution in [2.24, 2.45) is 17.3 Å². The summed E-state index contributed by atoms with van der Waals surface area (Å²) in [5.74, 6) is 1.91. The lowest BCUT2D eigenvalue weighted by atomic mass is 9.97. The Hall–Kier alpha value is 0.350. The first kappa shape index (κ1) is 10.4. The Morgan fingerprint density at radius 3 is 2.25 bits per heavy atom. The maximum Gasteiger partial charge on any atom is 0.00416 e. The van der Waals surface area contributed by atoms with E-state index < -0.39 is 0 Å². The van der Waals surface area contributed by atoms with Gasteiger partial charge in [-0.2, -0.15) is 11.8 Å². The molecule has 0 nitrogen and oxygen atoms in total. The molecule has 1 aliphatic rings. The number of rotatable bonds is 4. The van der Waals surface area contributed by atoms with Gasteiger partial charge < -0.3 is 0 Å². The fourth-order valence-corrected chi connectivity index (χ4v) is 2.43. The second-order valence-electron chi connectivity index (χ2n) is 5.04. The van der Waals surface area contributed by atoms with Crippen molar-refractivity contribution in [1.29, 1.82) is 0 Å². The first-order valence-corrected chi connectivity index (χ1v) is 6.29. The molecular formula is C11H22S. The van der Waals surface area contributed by atoms with Gasteiger partial charge in [-0.15, -0.1) is 0 Å². The van der Waals surface area contributed by atoms with Crippen LogP contribution in [0.5, 0.6) is 0 Å². The van der Waals surface area contributed by atoms with Crippen LogP contribution < -0.4 is 0 Å². The summed E-state index contributed by atoms with van der Waals surface area (Å²) < 4.78 is 0. The fraction of sp³-hybridized carbons (Fsp3) is 1.00. The summed E-state index contributed by atoms with van der Waals surface area (Å²) in [4.78, 5) is 0. The molecule has 72 valence electrons. The molecule has 0 aromatic rings. The third-order valence-electron chi connectivity index (χ3n) is 3.55. The minimum atomic E-state index is 0.673. The van der Waals surface area contributed by atoms with E-state index >= 15 is 0 Å². The van der Waals surface area contributed by atoms with E-state index in [0.29, 0.717) is 5.41 Å². The van der Waals surface area contributed by atoms with Crippen LogP contribution in [-0.2, 0) is 0 Å². The number of hydrogen-bond acceptors (Lipinski definition) is 1. The van der Waals surface area contributed by atoms with Gasteiger partial charge in [0.1, 0.15) is 0 Å². The molecule has 0 aromatic heterocycles. The Balaban J connectivity index is 2.24. The molecular weight excluding hydrogens is 164 g/mol. The van der Waals surface area contributed by atoms with Crippen LogP contribution in [0.4, 0.5) is 0 Å². The maximum absolute atomic E-state index is 2.40. The summed E-state index contributed by atoms with van der Waals surface area (Å²) in [7, 11) is 0. The summed E-state index contributed by atoms with van der Waals surface area (Å²) in [6, 6.07) is 0. The zero-order valence-electron chi connectivity index (χ0n) is 9.05. The van der Waals surface area contributed by atoms with E-state index in [1.807, 2.05) is 11.8 Å². The minimum absolute atomic E-state index is 0.673. The average Bonchev–Trinajstić information content (AvgIpc) is 2.57. The molecule has 1 rings (SSSR count). The third-order valence-corrected chi connectivity index (χ3v) is 4.76. The van der Waals surface area contributed by atoms with Gasteiger partial charge in [0.25, 0.3) is 0 Å². The molecule has 0 heterocycles. The predicted molar refractivity (Wildman–Crippen MR) is 58.6 cm³/mol. The fourth-order valence-electron chi connectivity index (χ4n) is 1.85. The molecule has 0 amide bonds. The van der Waals surface area contributed by atoms with E-state index in [1.54, 1.807) is 0 Å². The maximum atomic E-state index is 2.40. The standard InChI is InChI=1S/C11H22S/c1-8(9(2)12-5)6-10-7-11(10,3)4/h8-10H,6-7H2,1-5H3. The number of thioether (sulfide) groups is 1. The van der Waals surface area contributed by atoms with Crippen molar-refractivity contribution in [3.05, 3.63) is 0 Å². The molecule has 0 bridgehead atoms. The summed E-state index contributed by atoms with van der Waals surface area (Å²) in [6.07, 6.45) is 5.12. The van der Waals surface area contributed by atoms with Crippen LogP contribution in [0.25, 0.3) is 0 Å². The van der Waals surface area contributed by atoms with Crippen LogP contribution in [0, 0.1) is 17.3 Å². The molecule has 1 heteroatoms. The van der Waals surface area contributed by atoms with E-state index in [0.717, 1.165) is 17.1 Å². The highest BCUT2D eigenvalue weighted by Crippen LogP contribution is 2.55. The molecule has 0 saturated heterocycles. The second kappa shape index (κ2) is 3.61. The second-order valence-corrected chi connectivity index (χ2v) is 6.26. The quantitative estimate of drug-likeness (QED) is 0.643. The van der Waals surface area contributed by atoms with Crippen LogP contribution >= 0.6 is 11.8 Å². The molecule has 1 aliphatic carbocycles.